The number of aliphatic hydroxyl groups is 1. The minimum absolute atomic E-state index is 0.206. The fourth-order valence-electron chi connectivity index (χ4n) is 1.15. The minimum atomic E-state index is -0.476. The Morgan fingerprint density at radius 3 is 2.19 bits per heavy atom. The molecular formula is C13H20O3. The van der Waals surface area contributed by atoms with Crippen LogP contribution in [0, 0.1) is 0 Å². The van der Waals surface area contributed by atoms with Gasteiger partial charge in [-0.15, -0.1) is 0 Å². The van der Waals surface area contributed by atoms with Crippen LogP contribution in [0.15, 0.2) is 24.3 Å². The van der Waals surface area contributed by atoms with Crippen molar-refractivity contribution in [2.24, 2.45) is 0 Å². The molecule has 3 heteroatoms. The first-order valence-corrected chi connectivity index (χ1v) is 5.71. The molecule has 0 aliphatic heterocycles. The summed E-state index contributed by atoms with van der Waals surface area (Å²) >= 11 is 0. The van der Waals surface area contributed by atoms with Gasteiger partial charge < -0.3 is 14.6 Å². The zero-order valence-electron chi connectivity index (χ0n) is 10.1. The monoisotopic (exact) mass is 224 g/mol. The third-order valence-corrected chi connectivity index (χ3v) is 2.30. The summed E-state index contributed by atoms with van der Waals surface area (Å²) < 4.78 is 11.0. The van der Waals surface area contributed by atoms with Crippen LogP contribution >= 0.6 is 0 Å². The molecule has 0 bridgehead atoms. The molecule has 0 saturated heterocycles. The van der Waals surface area contributed by atoms with Crippen LogP contribution in [0.2, 0.25) is 0 Å². The highest BCUT2D eigenvalue weighted by atomic mass is 16.5. The van der Waals surface area contributed by atoms with Gasteiger partial charge >= 0.3 is 0 Å². The molecule has 16 heavy (non-hydrogen) atoms. The highest BCUT2D eigenvalue weighted by molar-refractivity contribution is 5.31. The Hall–Kier alpha value is -1.22. The van der Waals surface area contributed by atoms with Crippen molar-refractivity contribution in [2.45, 2.75) is 39.4 Å². The van der Waals surface area contributed by atoms with E-state index in [1.807, 2.05) is 31.2 Å². The lowest BCUT2D eigenvalue weighted by atomic mass is 10.2. The maximum Gasteiger partial charge on any atom is 0.121 e. The van der Waals surface area contributed by atoms with Crippen LogP contribution < -0.4 is 9.47 Å². The van der Waals surface area contributed by atoms with Gasteiger partial charge in [0.25, 0.3) is 0 Å². The lowest BCUT2D eigenvalue weighted by Gasteiger charge is -2.17. The van der Waals surface area contributed by atoms with E-state index in [4.69, 9.17) is 9.47 Å². The Morgan fingerprint density at radius 2 is 1.69 bits per heavy atom. The fourth-order valence-corrected chi connectivity index (χ4v) is 1.15. The quantitative estimate of drug-likeness (QED) is 0.807. The Labute approximate surface area is 97.0 Å². The van der Waals surface area contributed by atoms with E-state index in [-0.39, 0.29) is 6.10 Å². The van der Waals surface area contributed by atoms with Crippen LogP contribution in [0.25, 0.3) is 0 Å². The predicted octanol–water partition coefficient (Wildman–Crippen LogP) is 2.62. The van der Waals surface area contributed by atoms with Crippen LogP contribution in [-0.2, 0) is 0 Å². The van der Waals surface area contributed by atoms with Crippen molar-refractivity contribution in [1.29, 1.82) is 0 Å². The van der Waals surface area contributed by atoms with E-state index < -0.39 is 6.10 Å². The smallest absolute Gasteiger partial charge is 0.121 e. The molecule has 1 rings (SSSR count). The molecule has 0 spiro atoms. The van der Waals surface area contributed by atoms with Gasteiger partial charge in [-0.05, 0) is 44.5 Å². The highest BCUT2D eigenvalue weighted by Gasteiger charge is 2.09. The normalized spacial score (nSPS) is 14.2. The first-order chi connectivity index (χ1) is 7.63. The lowest BCUT2D eigenvalue weighted by Crippen LogP contribution is -2.25. The van der Waals surface area contributed by atoms with Crippen LogP contribution in [0.5, 0.6) is 11.5 Å². The minimum Gasteiger partial charge on any atom is -0.494 e. The van der Waals surface area contributed by atoms with Gasteiger partial charge in [0.2, 0.25) is 0 Å². The Morgan fingerprint density at radius 1 is 1.12 bits per heavy atom. The van der Waals surface area contributed by atoms with Gasteiger partial charge in [-0.1, -0.05) is 6.92 Å². The molecule has 2 atom stereocenters. The number of rotatable bonds is 6. The fraction of sp³-hybridized carbons (Fsp3) is 0.538. The van der Waals surface area contributed by atoms with Crippen molar-refractivity contribution in [1.82, 2.24) is 0 Å². The van der Waals surface area contributed by atoms with Gasteiger partial charge in [-0.25, -0.2) is 0 Å². The largest absolute Gasteiger partial charge is 0.494 e. The lowest BCUT2D eigenvalue weighted by molar-refractivity contribution is 0.0604. The van der Waals surface area contributed by atoms with Gasteiger partial charge in [-0.2, -0.15) is 0 Å². The van der Waals surface area contributed by atoms with Crippen LogP contribution in [0.3, 0.4) is 0 Å². The van der Waals surface area contributed by atoms with Crippen molar-refractivity contribution in [2.75, 3.05) is 6.61 Å². The summed E-state index contributed by atoms with van der Waals surface area (Å²) in [5.74, 6) is 1.59. The molecule has 1 N–H and O–H groups in total. The Kier molecular flexibility index (Phi) is 5.12. The van der Waals surface area contributed by atoms with Crippen molar-refractivity contribution in [3.8, 4) is 11.5 Å². The number of hydrogen-bond acceptors (Lipinski definition) is 3. The molecule has 1 unspecified atom stereocenters. The van der Waals surface area contributed by atoms with Gasteiger partial charge in [0.1, 0.15) is 17.6 Å². The summed E-state index contributed by atoms with van der Waals surface area (Å²) in [6.07, 6.45) is 0.315. The van der Waals surface area contributed by atoms with Crippen LogP contribution in [-0.4, -0.2) is 23.9 Å². The molecule has 0 aliphatic rings. The molecule has 0 aliphatic carbocycles. The molecule has 0 saturated carbocycles. The summed E-state index contributed by atoms with van der Waals surface area (Å²) in [6.45, 7) is 6.35. The standard InChI is InChI=1S/C13H20O3/c1-4-9-15-12-5-7-13(8-6-12)16-11(3)10(2)14/h5-8,10-11,14H,4,9H2,1-3H3/t10-,11?/m1/s1. The maximum atomic E-state index is 9.30. The van der Waals surface area contributed by atoms with E-state index in [2.05, 4.69) is 6.92 Å². The van der Waals surface area contributed by atoms with Crippen molar-refractivity contribution < 1.29 is 14.6 Å². The third kappa shape index (κ3) is 4.11. The maximum absolute atomic E-state index is 9.30. The van der Waals surface area contributed by atoms with E-state index in [1.165, 1.54) is 0 Å². The number of ether oxygens (including phenoxy) is 2. The van der Waals surface area contributed by atoms with E-state index in [9.17, 15) is 5.11 Å². The van der Waals surface area contributed by atoms with Crippen LogP contribution in [0.1, 0.15) is 27.2 Å². The molecule has 0 amide bonds. The number of aliphatic hydroxyl groups excluding tert-OH is 1. The molecular weight excluding hydrogens is 204 g/mol. The average molecular weight is 224 g/mol. The number of hydrogen-bond donors (Lipinski definition) is 1. The van der Waals surface area contributed by atoms with E-state index in [1.54, 1.807) is 6.92 Å². The SMILES string of the molecule is CCCOc1ccc(OC(C)[C@@H](C)O)cc1. The molecule has 0 heterocycles. The molecule has 0 fully saturated rings. The first-order valence-electron chi connectivity index (χ1n) is 5.71. The van der Waals surface area contributed by atoms with Gasteiger partial charge in [-0.3, -0.25) is 0 Å². The number of benzene rings is 1. The van der Waals surface area contributed by atoms with Crippen molar-refractivity contribution in [3.05, 3.63) is 24.3 Å². The van der Waals surface area contributed by atoms with Gasteiger partial charge in [0, 0.05) is 0 Å². The zero-order chi connectivity index (χ0) is 12.0. The summed E-state index contributed by atoms with van der Waals surface area (Å²) in [6, 6.07) is 7.45. The molecule has 90 valence electrons. The molecule has 1 aromatic rings. The second-order valence-corrected chi connectivity index (χ2v) is 3.88. The zero-order valence-corrected chi connectivity index (χ0v) is 10.1. The van der Waals surface area contributed by atoms with Gasteiger partial charge in [0.15, 0.2) is 0 Å². The molecule has 1 aromatic carbocycles. The Balaban J connectivity index is 2.51. The van der Waals surface area contributed by atoms with Gasteiger partial charge in [0.05, 0.1) is 12.7 Å². The van der Waals surface area contributed by atoms with E-state index in [0.717, 1.165) is 24.5 Å². The first kappa shape index (κ1) is 12.8. The topological polar surface area (TPSA) is 38.7 Å². The second kappa shape index (κ2) is 6.38. The average Bonchev–Trinajstić information content (AvgIpc) is 2.28. The summed E-state index contributed by atoms with van der Waals surface area (Å²) in [5.41, 5.74) is 0. The molecule has 3 nitrogen and oxygen atoms in total. The van der Waals surface area contributed by atoms with Crippen LogP contribution in [0.4, 0.5) is 0 Å². The van der Waals surface area contributed by atoms with E-state index in [0.29, 0.717) is 0 Å². The molecule has 0 aromatic heterocycles. The van der Waals surface area contributed by atoms with Crippen molar-refractivity contribution >= 4 is 0 Å². The summed E-state index contributed by atoms with van der Waals surface area (Å²) in [5, 5.41) is 9.30. The summed E-state index contributed by atoms with van der Waals surface area (Å²) in [7, 11) is 0. The third-order valence-electron chi connectivity index (χ3n) is 2.30. The highest BCUT2D eigenvalue weighted by Crippen LogP contribution is 2.19. The Bertz CT molecular complexity index is 293. The van der Waals surface area contributed by atoms with E-state index >= 15 is 0 Å². The predicted molar refractivity (Wildman–Crippen MR) is 64.0 cm³/mol. The summed E-state index contributed by atoms with van der Waals surface area (Å²) in [4.78, 5) is 0. The van der Waals surface area contributed by atoms with Crippen molar-refractivity contribution in [3.63, 3.8) is 0 Å². The second-order valence-electron chi connectivity index (χ2n) is 3.88. The molecule has 0 radical (unpaired) electrons.